The first-order chi connectivity index (χ1) is 7.15. The van der Waals surface area contributed by atoms with Crippen molar-refractivity contribution >= 4 is 27.5 Å². The van der Waals surface area contributed by atoms with Crippen molar-refractivity contribution < 1.29 is 4.79 Å². The van der Waals surface area contributed by atoms with Crippen molar-refractivity contribution in [3.63, 3.8) is 0 Å². The fourth-order valence-electron chi connectivity index (χ4n) is 1.20. The lowest BCUT2D eigenvalue weighted by Crippen LogP contribution is -2.25. The number of nitrogens with one attached hydrogen (secondary N) is 1. The van der Waals surface area contributed by atoms with Crippen LogP contribution >= 0.6 is 15.9 Å². The molecule has 0 unspecified atom stereocenters. The molecule has 0 atom stereocenters. The third-order valence-electron chi connectivity index (χ3n) is 2.08. The number of benzene rings is 1. The third kappa shape index (κ3) is 3.55. The normalized spacial score (nSPS) is 10.0. The van der Waals surface area contributed by atoms with Crippen LogP contribution in [0.15, 0.2) is 22.7 Å². The predicted octanol–water partition coefficient (Wildman–Crippen LogP) is 2.56. The molecule has 0 saturated heterocycles. The van der Waals surface area contributed by atoms with E-state index in [2.05, 4.69) is 28.2 Å². The zero-order chi connectivity index (χ0) is 11.3. The summed E-state index contributed by atoms with van der Waals surface area (Å²) >= 11 is 3.31. The molecule has 0 fully saturated rings. The second-order valence-corrected chi connectivity index (χ2v) is 4.26. The van der Waals surface area contributed by atoms with E-state index in [0.717, 1.165) is 17.3 Å². The van der Waals surface area contributed by atoms with Crippen LogP contribution in [0.25, 0.3) is 0 Å². The molecule has 1 rings (SSSR count). The van der Waals surface area contributed by atoms with Crippen molar-refractivity contribution in [3.8, 4) is 0 Å². The van der Waals surface area contributed by atoms with Crippen molar-refractivity contribution in [3.05, 3.63) is 28.2 Å². The van der Waals surface area contributed by atoms with Gasteiger partial charge in [-0.2, -0.15) is 0 Å². The molecule has 4 heteroatoms. The molecule has 0 spiro atoms. The molecule has 0 bridgehead atoms. The van der Waals surface area contributed by atoms with Gasteiger partial charge >= 0.3 is 0 Å². The summed E-state index contributed by atoms with van der Waals surface area (Å²) in [6, 6.07) is 5.27. The Kier molecular flexibility index (Phi) is 4.62. The standard InChI is InChI=1S/C11H15BrN2O/c1-2-3-6-14-11(15)9-7-8(12)4-5-10(9)13/h4-5,7H,2-3,6,13H2,1H3,(H,14,15). The maximum absolute atomic E-state index is 11.7. The highest BCUT2D eigenvalue weighted by molar-refractivity contribution is 9.10. The Labute approximate surface area is 98.2 Å². The van der Waals surface area contributed by atoms with E-state index in [1.54, 1.807) is 12.1 Å². The van der Waals surface area contributed by atoms with Gasteiger partial charge in [0.05, 0.1) is 5.56 Å². The van der Waals surface area contributed by atoms with Crippen LogP contribution in [0, 0.1) is 0 Å². The van der Waals surface area contributed by atoms with Gasteiger partial charge in [-0.25, -0.2) is 0 Å². The Morgan fingerprint density at radius 3 is 2.93 bits per heavy atom. The number of nitrogens with two attached hydrogens (primary N) is 1. The highest BCUT2D eigenvalue weighted by atomic mass is 79.9. The first kappa shape index (κ1) is 12.0. The van der Waals surface area contributed by atoms with Crippen LogP contribution in [0.3, 0.4) is 0 Å². The molecule has 0 aliphatic rings. The van der Waals surface area contributed by atoms with Crippen LogP contribution < -0.4 is 11.1 Å². The van der Waals surface area contributed by atoms with Crippen LogP contribution in [0.2, 0.25) is 0 Å². The maximum Gasteiger partial charge on any atom is 0.253 e. The summed E-state index contributed by atoms with van der Waals surface area (Å²) in [7, 11) is 0. The van der Waals surface area contributed by atoms with E-state index < -0.39 is 0 Å². The molecule has 0 aliphatic heterocycles. The molecule has 0 radical (unpaired) electrons. The molecule has 3 nitrogen and oxygen atoms in total. The molecular formula is C11H15BrN2O. The minimum atomic E-state index is -0.109. The van der Waals surface area contributed by atoms with Gasteiger partial charge in [-0.05, 0) is 24.6 Å². The number of nitrogen functional groups attached to an aromatic ring is 1. The van der Waals surface area contributed by atoms with Gasteiger partial charge in [-0.3, -0.25) is 4.79 Å². The average molecular weight is 271 g/mol. The lowest BCUT2D eigenvalue weighted by molar-refractivity contribution is 0.0954. The van der Waals surface area contributed by atoms with Crippen molar-refractivity contribution in [2.75, 3.05) is 12.3 Å². The summed E-state index contributed by atoms with van der Waals surface area (Å²) in [5.41, 5.74) is 6.75. The molecule has 0 saturated carbocycles. The third-order valence-corrected chi connectivity index (χ3v) is 2.57. The van der Waals surface area contributed by atoms with Gasteiger partial charge in [0.15, 0.2) is 0 Å². The van der Waals surface area contributed by atoms with E-state index in [4.69, 9.17) is 5.73 Å². The number of amides is 1. The Morgan fingerprint density at radius 2 is 2.27 bits per heavy atom. The summed E-state index contributed by atoms with van der Waals surface area (Å²) < 4.78 is 0.859. The van der Waals surface area contributed by atoms with Crippen LogP contribution in [-0.2, 0) is 0 Å². The minimum absolute atomic E-state index is 0.109. The molecule has 1 aromatic carbocycles. The van der Waals surface area contributed by atoms with E-state index in [1.165, 1.54) is 0 Å². The number of hydrogen-bond acceptors (Lipinski definition) is 2. The van der Waals surface area contributed by atoms with Crippen molar-refractivity contribution in [1.29, 1.82) is 0 Å². The van der Waals surface area contributed by atoms with Crippen LogP contribution in [0.5, 0.6) is 0 Å². The molecule has 1 aromatic rings. The first-order valence-electron chi connectivity index (χ1n) is 4.98. The van der Waals surface area contributed by atoms with Gasteiger partial charge < -0.3 is 11.1 Å². The van der Waals surface area contributed by atoms with Crippen LogP contribution in [-0.4, -0.2) is 12.5 Å². The molecule has 0 aliphatic carbocycles. The largest absolute Gasteiger partial charge is 0.398 e. The lowest BCUT2D eigenvalue weighted by Gasteiger charge is -2.07. The molecule has 0 heterocycles. The molecule has 1 amide bonds. The van der Waals surface area contributed by atoms with Crippen molar-refractivity contribution in [2.24, 2.45) is 0 Å². The van der Waals surface area contributed by atoms with E-state index in [1.807, 2.05) is 6.07 Å². The van der Waals surface area contributed by atoms with Gasteiger partial charge in [-0.15, -0.1) is 0 Å². The van der Waals surface area contributed by atoms with E-state index in [-0.39, 0.29) is 5.91 Å². The molecule has 3 N–H and O–H groups in total. The second kappa shape index (κ2) is 5.75. The van der Waals surface area contributed by atoms with Crippen molar-refractivity contribution in [1.82, 2.24) is 5.32 Å². The Morgan fingerprint density at radius 1 is 1.53 bits per heavy atom. The topological polar surface area (TPSA) is 55.1 Å². The monoisotopic (exact) mass is 270 g/mol. The SMILES string of the molecule is CCCCNC(=O)c1cc(Br)ccc1N. The van der Waals surface area contributed by atoms with Gasteiger partial charge in [0.2, 0.25) is 0 Å². The molecular weight excluding hydrogens is 256 g/mol. The number of hydrogen-bond donors (Lipinski definition) is 2. The predicted molar refractivity (Wildman–Crippen MR) is 65.8 cm³/mol. The van der Waals surface area contributed by atoms with Gasteiger partial charge in [0.1, 0.15) is 0 Å². The van der Waals surface area contributed by atoms with Gasteiger partial charge in [0.25, 0.3) is 5.91 Å². The molecule has 0 aromatic heterocycles. The Hall–Kier alpha value is -1.03. The lowest BCUT2D eigenvalue weighted by atomic mass is 10.1. The highest BCUT2D eigenvalue weighted by Crippen LogP contribution is 2.18. The summed E-state index contributed by atoms with van der Waals surface area (Å²) in [6.45, 7) is 2.78. The Balaban J connectivity index is 2.68. The molecule has 82 valence electrons. The van der Waals surface area contributed by atoms with E-state index >= 15 is 0 Å². The zero-order valence-corrected chi connectivity index (χ0v) is 10.3. The number of unbranched alkanes of at least 4 members (excludes halogenated alkanes) is 1. The summed E-state index contributed by atoms with van der Waals surface area (Å²) in [4.78, 5) is 11.7. The second-order valence-electron chi connectivity index (χ2n) is 3.34. The Bertz CT molecular complexity index is 352. The van der Waals surface area contributed by atoms with Crippen molar-refractivity contribution in [2.45, 2.75) is 19.8 Å². The number of halogens is 1. The minimum Gasteiger partial charge on any atom is -0.398 e. The van der Waals surface area contributed by atoms with E-state index in [0.29, 0.717) is 17.8 Å². The fourth-order valence-corrected chi connectivity index (χ4v) is 1.56. The summed E-state index contributed by atoms with van der Waals surface area (Å²) in [5.74, 6) is -0.109. The average Bonchev–Trinajstić information content (AvgIpc) is 2.22. The maximum atomic E-state index is 11.7. The number of anilines is 1. The summed E-state index contributed by atoms with van der Waals surface area (Å²) in [5, 5.41) is 2.83. The smallest absolute Gasteiger partial charge is 0.253 e. The zero-order valence-electron chi connectivity index (χ0n) is 8.72. The first-order valence-corrected chi connectivity index (χ1v) is 5.77. The van der Waals surface area contributed by atoms with E-state index in [9.17, 15) is 4.79 Å². The number of carbonyl (C=O) groups excluding carboxylic acids is 1. The van der Waals surface area contributed by atoms with Gasteiger partial charge in [0, 0.05) is 16.7 Å². The van der Waals surface area contributed by atoms with Crippen LogP contribution in [0.1, 0.15) is 30.1 Å². The highest BCUT2D eigenvalue weighted by Gasteiger charge is 2.08. The van der Waals surface area contributed by atoms with Gasteiger partial charge in [-0.1, -0.05) is 29.3 Å². The molecule has 15 heavy (non-hydrogen) atoms. The number of rotatable bonds is 4. The van der Waals surface area contributed by atoms with Crippen LogP contribution in [0.4, 0.5) is 5.69 Å². The quantitative estimate of drug-likeness (QED) is 0.653. The number of carbonyl (C=O) groups is 1. The summed E-state index contributed by atoms with van der Waals surface area (Å²) in [6.07, 6.45) is 2.05. The fraction of sp³-hybridized carbons (Fsp3) is 0.364.